The standard InChI is InChI=1S/C28H35F3N4O4/c1-2-27(36)34-15-12-19(13-16-34)3-4-20-11-14-32-26(17-20)39-23-8-5-21(6-9-23)33-22-7-10-25(35(37)38)24(18-22)28(29,30)31/h7,10-11,14,17-19,21,23,33H,2-6,8-9,12-13,15-16H2,1H3. The van der Waals surface area contributed by atoms with Crippen LogP contribution in [0.4, 0.5) is 24.5 Å². The number of hydrogen-bond acceptors (Lipinski definition) is 6. The molecule has 0 bridgehead atoms. The van der Waals surface area contributed by atoms with E-state index in [2.05, 4.69) is 10.3 Å². The number of amides is 1. The number of carbonyl (C=O) groups excluding carboxylic acids is 1. The summed E-state index contributed by atoms with van der Waals surface area (Å²) < 4.78 is 46.0. The maximum atomic E-state index is 13.3. The molecule has 1 aliphatic carbocycles. The van der Waals surface area contributed by atoms with Crippen LogP contribution in [0.15, 0.2) is 36.5 Å². The fraction of sp³-hybridized carbons (Fsp3) is 0.571. The van der Waals surface area contributed by atoms with Gasteiger partial charge in [-0.1, -0.05) is 6.92 Å². The second-order valence-electron chi connectivity index (χ2n) is 10.4. The van der Waals surface area contributed by atoms with Gasteiger partial charge in [0.2, 0.25) is 11.8 Å². The summed E-state index contributed by atoms with van der Waals surface area (Å²) >= 11 is 0. The van der Waals surface area contributed by atoms with E-state index in [9.17, 15) is 28.1 Å². The normalized spacial score (nSPS) is 20.5. The van der Waals surface area contributed by atoms with Gasteiger partial charge in [0.1, 0.15) is 11.7 Å². The van der Waals surface area contributed by atoms with E-state index >= 15 is 0 Å². The Balaban J connectivity index is 1.24. The van der Waals surface area contributed by atoms with Gasteiger partial charge in [0.05, 0.1) is 4.92 Å². The number of alkyl halides is 3. The molecule has 212 valence electrons. The Morgan fingerprint density at radius 3 is 2.49 bits per heavy atom. The number of hydrogen-bond donors (Lipinski definition) is 1. The lowest BCUT2D eigenvalue weighted by Gasteiger charge is -2.32. The molecule has 1 aromatic carbocycles. The van der Waals surface area contributed by atoms with E-state index in [4.69, 9.17) is 4.74 Å². The van der Waals surface area contributed by atoms with E-state index in [0.29, 0.717) is 31.1 Å². The molecule has 1 amide bonds. The summed E-state index contributed by atoms with van der Waals surface area (Å²) in [5, 5.41) is 14.1. The Hall–Kier alpha value is -3.37. The first-order valence-electron chi connectivity index (χ1n) is 13.6. The summed E-state index contributed by atoms with van der Waals surface area (Å²) in [6.45, 7) is 3.58. The first-order chi connectivity index (χ1) is 18.6. The number of carbonyl (C=O) groups is 1. The Morgan fingerprint density at radius 2 is 1.85 bits per heavy atom. The highest BCUT2D eigenvalue weighted by molar-refractivity contribution is 5.75. The van der Waals surface area contributed by atoms with Gasteiger partial charge in [0, 0.05) is 49.6 Å². The molecule has 0 unspecified atom stereocenters. The zero-order chi connectivity index (χ0) is 28.0. The fourth-order valence-electron chi connectivity index (χ4n) is 5.48. The van der Waals surface area contributed by atoms with Crippen LogP contribution in [0, 0.1) is 16.0 Å². The number of halogens is 3. The van der Waals surface area contributed by atoms with Crippen molar-refractivity contribution in [3.63, 3.8) is 0 Å². The molecule has 1 N–H and O–H groups in total. The maximum Gasteiger partial charge on any atom is 0.423 e. The quantitative estimate of drug-likeness (QED) is 0.288. The number of rotatable bonds is 9. The van der Waals surface area contributed by atoms with Crippen LogP contribution in [0.3, 0.4) is 0 Å². The Morgan fingerprint density at radius 1 is 1.13 bits per heavy atom. The highest BCUT2D eigenvalue weighted by Crippen LogP contribution is 2.38. The van der Waals surface area contributed by atoms with Crippen LogP contribution in [0.1, 0.15) is 69.4 Å². The second-order valence-corrected chi connectivity index (χ2v) is 10.4. The van der Waals surface area contributed by atoms with Crippen molar-refractivity contribution in [3.05, 3.63) is 57.8 Å². The van der Waals surface area contributed by atoms with Gasteiger partial charge in [-0.15, -0.1) is 0 Å². The number of piperidine rings is 1. The van der Waals surface area contributed by atoms with Crippen LogP contribution in [-0.4, -0.2) is 45.9 Å². The van der Waals surface area contributed by atoms with Crippen LogP contribution in [0.5, 0.6) is 5.88 Å². The van der Waals surface area contributed by atoms with E-state index in [1.807, 2.05) is 24.0 Å². The number of nitrogens with zero attached hydrogens (tertiary/aromatic N) is 3. The van der Waals surface area contributed by atoms with E-state index < -0.39 is 22.4 Å². The molecule has 0 atom stereocenters. The molecule has 11 heteroatoms. The molecular weight excluding hydrogens is 513 g/mol. The first kappa shape index (κ1) is 28.6. The zero-order valence-electron chi connectivity index (χ0n) is 22.1. The molecule has 1 saturated heterocycles. The largest absolute Gasteiger partial charge is 0.474 e. The summed E-state index contributed by atoms with van der Waals surface area (Å²) in [7, 11) is 0. The van der Waals surface area contributed by atoms with Crippen LogP contribution < -0.4 is 10.1 Å². The van der Waals surface area contributed by atoms with Gasteiger partial charge in [-0.2, -0.15) is 13.2 Å². The number of benzene rings is 1. The van der Waals surface area contributed by atoms with Gasteiger partial charge in [0.25, 0.3) is 5.69 Å². The van der Waals surface area contributed by atoms with Gasteiger partial charge in [-0.05, 0) is 81.0 Å². The molecule has 0 spiro atoms. The molecule has 4 rings (SSSR count). The van der Waals surface area contributed by atoms with Crippen molar-refractivity contribution >= 4 is 17.3 Å². The fourth-order valence-corrected chi connectivity index (χ4v) is 5.48. The molecule has 8 nitrogen and oxygen atoms in total. The Labute approximate surface area is 226 Å². The van der Waals surface area contributed by atoms with Crippen LogP contribution in [0.2, 0.25) is 0 Å². The predicted octanol–water partition coefficient (Wildman–Crippen LogP) is 6.39. The van der Waals surface area contributed by atoms with Crippen molar-refractivity contribution in [1.82, 2.24) is 9.88 Å². The molecule has 1 aromatic heterocycles. The summed E-state index contributed by atoms with van der Waals surface area (Å²) in [6.07, 6.45) is 4.37. The van der Waals surface area contributed by atoms with Crippen molar-refractivity contribution in [1.29, 1.82) is 0 Å². The third kappa shape index (κ3) is 7.83. The minimum Gasteiger partial charge on any atom is -0.474 e. The number of pyridine rings is 1. The number of nitrogens with one attached hydrogen (secondary N) is 1. The Bertz CT molecular complexity index is 1140. The second kappa shape index (κ2) is 12.7. The maximum absolute atomic E-state index is 13.3. The summed E-state index contributed by atoms with van der Waals surface area (Å²) in [5.74, 6) is 1.42. The number of anilines is 1. The lowest BCUT2D eigenvalue weighted by Crippen LogP contribution is -2.38. The summed E-state index contributed by atoms with van der Waals surface area (Å²) in [5.41, 5.74) is -0.818. The third-order valence-electron chi connectivity index (χ3n) is 7.74. The van der Waals surface area contributed by atoms with Gasteiger partial charge in [-0.3, -0.25) is 14.9 Å². The predicted molar refractivity (Wildman–Crippen MR) is 141 cm³/mol. The first-order valence-corrected chi connectivity index (χ1v) is 13.6. The molecule has 2 aliphatic rings. The average Bonchev–Trinajstić information content (AvgIpc) is 2.92. The molecule has 2 heterocycles. The molecule has 39 heavy (non-hydrogen) atoms. The highest BCUT2D eigenvalue weighted by Gasteiger charge is 2.38. The molecule has 2 fully saturated rings. The van der Waals surface area contributed by atoms with Gasteiger partial charge >= 0.3 is 6.18 Å². The SMILES string of the molecule is CCC(=O)N1CCC(CCc2ccnc(OC3CCC(Nc4ccc([N+](=O)[O-])c(C(F)(F)F)c4)CC3)c2)CC1. The van der Waals surface area contributed by atoms with E-state index in [1.54, 1.807) is 6.20 Å². The van der Waals surface area contributed by atoms with E-state index in [0.717, 1.165) is 63.7 Å². The van der Waals surface area contributed by atoms with Gasteiger partial charge in [-0.25, -0.2) is 4.98 Å². The number of aryl methyl sites for hydroxylation is 1. The number of ether oxygens (including phenoxy) is 1. The van der Waals surface area contributed by atoms with Crippen LogP contribution in [-0.2, 0) is 17.4 Å². The van der Waals surface area contributed by atoms with E-state index in [1.165, 1.54) is 11.6 Å². The van der Waals surface area contributed by atoms with Crippen LogP contribution in [0.25, 0.3) is 0 Å². The smallest absolute Gasteiger partial charge is 0.423 e. The average molecular weight is 549 g/mol. The van der Waals surface area contributed by atoms with Crippen molar-refractivity contribution < 1.29 is 27.6 Å². The summed E-state index contributed by atoms with van der Waals surface area (Å²) in [6, 6.07) is 6.96. The number of likely N-dealkylation sites (tertiary alicyclic amines) is 1. The molecule has 1 aliphatic heterocycles. The topological polar surface area (TPSA) is 97.6 Å². The third-order valence-corrected chi connectivity index (χ3v) is 7.74. The number of nitro groups is 1. The van der Waals surface area contributed by atoms with Crippen molar-refractivity contribution in [2.75, 3.05) is 18.4 Å². The van der Waals surface area contributed by atoms with Gasteiger partial charge < -0.3 is 15.0 Å². The number of aromatic nitrogens is 1. The van der Waals surface area contributed by atoms with E-state index in [-0.39, 0.29) is 23.7 Å². The molecule has 1 saturated carbocycles. The minimum absolute atomic E-state index is 0.0335. The minimum atomic E-state index is -4.81. The monoisotopic (exact) mass is 548 g/mol. The van der Waals surface area contributed by atoms with Gasteiger partial charge in [0.15, 0.2) is 0 Å². The number of nitro benzene ring substituents is 1. The lowest BCUT2D eigenvalue weighted by atomic mass is 9.90. The highest BCUT2D eigenvalue weighted by atomic mass is 19.4. The molecule has 2 aromatic rings. The molecular formula is C28H35F3N4O4. The van der Waals surface area contributed by atoms with Crippen molar-refractivity contribution in [2.24, 2.45) is 5.92 Å². The molecule has 0 radical (unpaired) electrons. The van der Waals surface area contributed by atoms with Crippen molar-refractivity contribution in [2.45, 2.75) is 83.0 Å². The van der Waals surface area contributed by atoms with Crippen molar-refractivity contribution in [3.8, 4) is 5.88 Å². The Kier molecular flexibility index (Phi) is 9.29. The zero-order valence-corrected chi connectivity index (χ0v) is 22.1. The lowest BCUT2D eigenvalue weighted by molar-refractivity contribution is -0.388. The summed E-state index contributed by atoms with van der Waals surface area (Å²) in [4.78, 5) is 28.2. The van der Waals surface area contributed by atoms with Crippen LogP contribution >= 0.6 is 0 Å².